The summed E-state index contributed by atoms with van der Waals surface area (Å²) in [5.74, 6) is 0. The van der Waals surface area contributed by atoms with Gasteiger partial charge in [0.25, 0.3) is 0 Å². The van der Waals surface area contributed by atoms with Gasteiger partial charge in [-0.15, -0.1) is 0 Å². The molecule has 15 heavy (non-hydrogen) atoms. The number of fused-ring (bicyclic) bond motifs is 1. The summed E-state index contributed by atoms with van der Waals surface area (Å²) in [6.07, 6.45) is 2.87. The second-order valence-corrected chi connectivity index (χ2v) is 3.78. The number of benzene rings is 1. The third-order valence-electron chi connectivity index (χ3n) is 2.54. The normalized spacial score (nSPS) is 13.2. The number of methoxy groups -OCH3 is 1. The van der Waals surface area contributed by atoms with Crippen molar-refractivity contribution in [3.05, 3.63) is 36.0 Å². The Bertz CT molecular complexity index is 436. The van der Waals surface area contributed by atoms with Gasteiger partial charge in [0.05, 0.1) is 6.61 Å². The molecule has 0 spiro atoms. The fraction of sp³-hybridized carbons (Fsp3) is 0.333. The maximum Gasteiger partial charge on any atom is 0.0616 e. The standard InChI is InChI=1S/C12H16N2O/c1-15-8-10(13)6-9-7-14-12-5-3-2-4-11(9)12/h2-5,7,10,14H,6,8,13H2,1H3. The van der Waals surface area contributed by atoms with Gasteiger partial charge in [0.2, 0.25) is 0 Å². The van der Waals surface area contributed by atoms with Gasteiger partial charge in [-0.1, -0.05) is 18.2 Å². The summed E-state index contributed by atoms with van der Waals surface area (Å²) in [7, 11) is 1.68. The SMILES string of the molecule is COCC(N)Cc1c[nH]c2ccccc12. The van der Waals surface area contributed by atoms with Crippen molar-refractivity contribution in [3.8, 4) is 0 Å². The molecule has 0 saturated carbocycles. The zero-order valence-electron chi connectivity index (χ0n) is 8.86. The molecule has 0 fully saturated rings. The number of aromatic nitrogens is 1. The van der Waals surface area contributed by atoms with E-state index in [1.807, 2.05) is 18.3 Å². The van der Waals surface area contributed by atoms with Crippen molar-refractivity contribution < 1.29 is 4.74 Å². The zero-order chi connectivity index (χ0) is 10.7. The number of nitrogens with two attached hydrogens (primary N) is 1. The number of H-pyrrole nitrogens is 1. The number of para-hydroxylation sites is 1. The Balaban J connectivity index is 2.21. The van der Waals surface area contributed by atoms with Crippen molar-refractivity contribution in [2.75, 3.05) is 13.7 Å². The van der Waals surface area contributed by atoms with E-state index in [9.17, 15) is 0 Å². The first-order valence-corrected chi connectivity index (χ1v) is 5.11. The van der Waals surface area contributed by atoms with Crippen LogP contribution < -0.4 is 5.73 Å². The van der Waals surface area contributed by atoms with Crippen LogP contribution in [0.3, 0.4) is 0 Å². The fourth-order valence-corrected chi connectivity index (χ4v) is 1.86. The third kappa shape index (κ3) is 2.19. The lowest BCUT2D eigenvalue weighted by molar-refractivity contribution is 0.180. The van der Waals surface area contributed by atoms with Crippen molar-refractivity contribution in [2.24, 2.45) is 5.73 Å². The molecule has 1 atom stereocenters. The van der Waals surface area contributed by atoms with Crippen molar-refractivity contribution in [1.82, 2.24) is 4.98 Å². The maximum atomic E-state index is 5.93. The van der Waals surface area contributed by atoms with Crippen molar-refractivity contribution >= 4 is 10.9 Å². The molecule has 0 aliphatic heterocycles. The number of ether oxygens (including phenoxy) is 1. The summed E-state index contributed by atoms with van der Waals surface area (Å²) in [5.41, 5.74) is 8.35. The van der Waals surface area contributed by atoms with Crippen LogP contribution in [0.15, 0.2) is 30.5 Å². The van der Waals surface area contributed by atoms with Gasteiger partial charge in [-0.05, 0) is 18.1 Å². The number of rotatable bonds is 4. The Hall–Kier alpha value is -1.32. The van der Waals surface area contributed by atoms with Crippen LogP contribution in [0.5, 0.6) is 0 Å². The average Bonchev–Trinajstić information content (AvgIpc) is 2.62. The molecule has 0 aliphatic rings. The van der Waals surface area contributed by atoms with Crippen LogP contribution in [0.1, 0.15) is 5.56 Å². The molecule has 2 aromatic rings. The maximum absolute atomic E-state index is 5.93. The Morgan fingerprint density at radius 1 is 1.40 bits per heavy atom. The van der Waals surface area contributed by atoms with Crippen molar-refractivity contribution in [2.45, 2.75) is 12.5 Å². The topological polar surface area (TPSA) is 51.0 Å². The van der Waals surface area contributed by atoms with Crippen molar-refractivity contribution in [3.63, 3.8) is 0 Å². The number of aromatic amines is 1. The van der Waals surface area contributed by atoms with Crippen LogP contribution in [0.4, 0.5) is 0 Å². The summed E-state index contributed by atoms with van der Waals surface area (Å²) >= 11 is 0. The predicted octanol–water partition coefficient (Wildman–Crippen LogP) is 1.68. The molecule has 80 valence electrons. The summed E-state index contributed by atoms with van der Waals surface area (Å²) in [6, 6.07) is 8.31. The highest BCUT2D eigenvalue weighted by atomic mass is 16.5. The molecule has 0 aliphatic carbocycles. The van der Waals surface area contributed by atoms with Crippen molar-refractivity contribution in [1.29, 1.82) is 0 Å². The zero-order valence-corrected chi connectivity index (χ0v) is 8.86. The largest absolute Gasteiger partial charge is 0.383 e. The van der Waals surface area contributed by atoms with Crippen LogP contribution in [-0.4, -0.2) is 24.7 Å². The Labute approximate surface area is 89.2 Å². The molecule has 0 saturated heterocycles. The summed E-state index contributed by atoms with van der Waals surface area (Å²) < 4.78 is 5.03. The quantitative estimate of drug-likeness (QED) is 0.796. The van der Waals surface area contributed by atoms with Crippen LogP contribution in [-0.2, 0) is 11.2 Å². The molecule has 3 N–H and O–H groups in total. The fourth-order valence-electron chi connectivity index (χ4n) is 1.86. The van der Waals surface area contributed by atoms with Gasteiger partial charge in [-0.2, -0.15) is 0 Å². The van der Waals surface area contributed by atoms with Crippen LogP contribution >= 0.6 is 0 Å². The van der Waals surface area contributed by atoms with E-state index in [-0.39, 0.29) is 6.04 Å². The molecule has 1 aromatic carbocycles. The van der Waals surface area contributed by atoms with Gasteiger partial charge in [0.1, 0.15) is 0 Å². The van der Waals surface area contributed by atoms with E-state index in [4.69, 9.17) is 10.5 Å². The molecule has 3 heteroatoms. The molecule has 1 unspecified atom stereocenters. The van der Waals surface area contributed by atoms with E-state index >= 15 is 0 Å². The molecule has 1 heterocycles. The first-order valence-electron chi connectivity index (χ1n) is 5.11. The number of hydrogen-bond donors (Lipinski definition) is 2. The van der Waals surface area contributed by atoms with E-state index in [2.05, 4.69) is 17.1 Å². The van der Waals surface area contributed by atoms with Gasteiger partial charge in [-0.25, -0.2) is 0 Å². The third-order valence-corrected chi connectivity index (χ3v) is 2.54. The highest BCUT2D eigenvalue weighted by Crippen LogP contribution is 2.18. The molecule has 1 aromatic heterocycles. The van der Waals surface area contributed by atoms with Gasteiger partial charge in [0.15, 0.2) is 0 Å². The minimum Gasteiger partial charge on any atom is -0.383 e. The minimum atomic E-state index is 0.0641. The smallest absolute Gasteiger partial charge is 0.0616 e. The number of hydrogen-bond acceptors (Lipinski definition) is 2. The van der Waals surface area contributed by atoms with Crippen LogP contribution in [0, 0.1) is 0 Å². The molecule has 3 nitrogen and oxygen atoms in total. The molecule has 0 radical (unpaired) electrons. The Morgan fingerprint density at radius 2 is 2.20 bits per heavy atom. The highest BCUT2D eigenvalue weighted by Gasteiger charge is 2.07. The van der Waals surface area contributed by atoms with E-state index in [1.165, 1.54) is 10.9 Å². The molecule has 0 bridgehead atoms. The molecule has 2 rings (SSSR count). The van der Waals surface area contributed by atoms with E-state index in [0.717, 1.165) is 11.9 Å². The van der Waals surface area contributed by atoms with Crippen LogP contribution in [0.25, 0.3) is 10.9 Å². The molecular weight excluding hydrogens is 188 g/mol. The lowest BCUT2D eigenvalue weighted by Crippen LogP contribution is -2.27. The van der Waals surface area contributed by atoms with E-state index < -0.39 is 0 Å². The Morgan fingerprint density at radius 3 is 3.00 bits per heavy atom. The lowest BCUT2D eigenvalue weighted by atomic mass is 10.1. The first kappa shape index (κ1) is 10.2. The first-order chi connectivity index (χ1) is 7.31. The lowest BCUT2D eigenvalue weighted by Gasteiger charge is -2.08. The van der Waals surface area contributed by atoms with Crippen LogP contribution in [0.2, 0.25) is 0 Å². The number of nitrogens with one attached hydrogen (secondary N) is 1. The highest BCUT2D eigenvalue weighted by molar-refractivity contribution is 5.83. The average molecular weight is 204 g/mol. The Kier molecular flexibility index (Phi) is 3.04. The molecular formula is C12H16N2O. The molecule has 0 amide bonds. The van der Waals surface area contributed by atoms with Gasteiger partial charge < -0.3 is 15.5 Å². The van der Waals surface area contributed by atoms with Gasteiger partial charge in [0, 0.05) is 30.3 Å². The summed E-state index contributed by atoms with van der Waals surface area (Å²) in [4.78, 5) is 3.24. The van der Waals surface area contributed by atoms with E-state index in [0.29, 0.717) is 6.61 Å². The second-order valence-electron chi connectivity index (χ2n) is 3.78. The predicted molar refractivity (Wildman–Crippen MR) is 61.9 cm³/mol. The minimum absolute atomic E-state index is 0.0641. The van der Waals surface area contributed by atoms with Gasteiger partial charge >= 0.3 is 0 Å². The summed E-state index contributed by atoms with van der Waals surface area (Å²) in [6.45, 7) is 0.597. The van der Waals surface area contributed by atoms with Gasteiger partial charge in [-0.3, -0.25) is 0 Å². The van der Waals surface area contributed by atoms with E-state index in [1.54, 1.807) is 7.11 Å². The second kappa shape index (κ2) is 4.47. The summed E-state index contributed by atoms with van der Waals surface area (Å²) in [5, 5.41) is 1.25. The monoisotopic (exact) mass is 204 g/mol.